The Morgan fingerprint density at radius 3 is 2.76 bits per heavy atom. The summed E-state index contributed by atoms with van der Waals surface area (Å²) in [4.78, 5) is 0.926. The van der Waals surface area contributed by atoms with Crippen LogP contribution in [0.5, 0.6) is 5.75 Å². The fourth-order valence-corrected chi connectivity index (χ4v) is 3.38. The molecule has 1 saturated carbocycles. The summed E-state index contributed by atoms with van der Waals surface area (Å²) >= 11 is 1.71. The van der Waals surface area contributed by atoms with Gasteiger partial charge in [0.1, 0.15) is 0 Å². The third-order valence-corrected chi connectivity index (χ3v) is 4.54. The van der Waals surface area contributed by atoms with Gasteiger partial charge in [-0.2, -0.15) is 0 Å². The maximum atomic E-state index is 13.4. The fraction of sp³-hybridized carbons (Fsp3) is 0.538. The Bertz CT molecular complexity index is 391. The molecule has 1 aromatic carbocycles. The van der Waals surface area contributed by atoms with E-state index in [9.17, 15) is 4.39 Å². The summed E-state index contributed by atoms with van der Waals surface area (Å²) in [6.07, 6.45) is 5.30. The molecular formula is C13H18FNOS. The molecule has 0 aliphatic heterocycles. The Morgan fingerprint density at radius 2 is 2.12 bits per heavy atom. The van der Waals surface area contributed by atoms with Crippen molar-refractivity contribution in [2.45, 2.75) is 30.6 Å². The van der Waals surface area contributed by atoms with Gasteiger partial charge in [0.25, 0.3) is 0 Å². The summed E-state index contributed by atoms with van der Waals surface area (Å²) in [5, 5.41) is 0. The van der Waals surface area contributed by atoms with E-state index < -0.39 is 5.82 Å². The second kappa shape index (κ2) is 5.63. The average molecular weight is 255 g/mol. The van der Waals surface area contributed by atoms with Gasteiger partial charge < -0.3 is 10.5 Å². The highest BCUT2D eigenvalue weighted by molar-refractivity contribution is 7.99. The van der Waals surface area contributed by atoms with E-state index in [0.29, 0.717) is 5.69 Å². The predicted octanol–water partition coefficient (Wildman–Crippen LogP) is 3.70. The molecule has 1 fully saturated rings. The smallest absolute Gasteiger partial charge is 0.167 e. The van der Waals surface area contributed by atoms with Crippen molar-refractivity contribution in [3.05, 3.63) is 17.9 Å². The summed E-state index contributed by atoms with van der Waals surface area (Å²) in [6, 6.07) is 3.04. The summed E-state index contributed by atoms with van der Waals surface area (Å²) < 4.78 is 18.3. The average Bonchev–Trinajstić information content (AvgIpc) is 2.81. The van der Waals surface area contributed by atoms with Gasteiger partial charge in [-0.1, -0.05) is 12.8 Å². The first-order chi connectivity index (χ1) is 8.20. The highest BCUT2D eigenvalue weighted by Gasteiger charge is 2.16. The highest BCUT2D eigenvalue weighted by atomic mass is 32.2. The molecule has 94 valence electrons. The SMILES string of the molecule is COc1cc(SCC2CCCC2)c(N)cc1F. The Hall–Kier alpha value is -0.900. The van der Waals surface area contributed by atoms with Crippen LogP contribution in [0.25, 0.3) is 0 Å². The number of halogens is 1. The van der Waals surface area contributed by atoms with Crippen LogP contribution in [0.1, 0.15) is 25.7 Å². The Kier molecular flexibility index (Phi) is 4.15. The molecule has 17 heavy (non-hydrogen) atoms. The van der Waals surface area contributed by atoms with Gasteiger partial charge in [-0.05, 0) is 24.8 Å². The lowest BCUT2D eigenvalue weighted by molar-refractivity contribution is 0.385. The molecule has 0 aromatic heterocycles. The second-order valence-corrected chi connectivity index (χ2v) is 5.55. The molecule has 0 atom stereocenters. The van der Waals surface area contributed by atoms with Gasteiger partial charge in [0.15, 0.2) is 11.6 Å². The van der Waals surface area contributed by atoms with Crippen LogP contribution >= 0.6 is 11.8 Å². The maximum Gasteiger partial charge on any atom is 0.167 e. The number of benzene rings is 1. The molecule has 0 saturated heterocycles. The van der Waals surface area contributed by atoms with Crippen LogP contribution in [0.2, 0.25) is 0 Å². The first-order valence-corrected chi connectivity index (χ1v) is 6.95. The van der Waals surface area contributed by atoms with E-state index >= 15 is 0 Å². The zero-order valence-corrected chi connectivity index (χ0v) is 10.9. The Labute approximate surface area is 106 Å². The van der Waals surface area contributed by atoms with Crippen molar-refractivity contribution < 1.29 is 9.13 Å². The zero-order chi connectivity index (χ0) is 12.3. The third kappa shape index (κ3) is 3.06. The fourth-order valence-electron chi connectivity index (χ4n) is 2.22. The summed E-state index contributed by atoms with van der Waals surface area (Å²) in [7, 11) is 1.47. The normalized spacial score (nSPS) is 16.4. The van der Waals surface area contributed by atoms with Crippen molar-refractivity contribution in [2.75, 3.05) is 18.6 Å². The van der Waals surface area contributed by atoms with Crippen LogP contribution in [0.15, 0.2) is 17.0 Å². The van der Waals surface area contributed by atoms with Crippen molar-refractivity contribution in [1.82, 2.24) is 0 Å². The molecule has 4 heteroatoms. The van der Waals surface area contributed by atoms with Crippen LogP contribution in [0, 0.1) is 11.7 Å². The first-order valence-electron chi connectivity index (χ1n) is 5.96. The van der Waals surface area contributed by atoms with Gasteiger partial charge in [-0.15, -0.1) is 11.8 Å². The van der Waals surface area contributed by atoms with Gasteiger partial charge in [0.2, 0.25) is 0 Å². The molecule has 1 aliphatic rings. The van der Waals surface area contributed by atoms with Gasteiger partial charge in [-0.25, -0.2) is 4.39 Å². The van der Waals surface area contributed by atoms with Crippen LogP contribution in [0.4, 0.5) is 10.1 Å². The topological polar surface area (TPSA) is 35.2 Å². The lowest BCUT2D eigenvalue weighted by Gasteiger charge is -2.11. The maximum absolute atomic E-state index is 13.4. The predicted molar refractivity (Wildman–Crippen MR) is 70.0 cm³/mol. The number of hydrogen-bond acceptors (Lipinski definition) is 3. The van der Waals surface area contributed by atoms with Crippen molar-refractivity contribution in [3.8, 4) is 5.75 Å². The van der Waals surface area contributed by atoms with Crippen LogP contribution in [-0.2, 0) is 0 Å². The minimum atomic E-state index is -0.393. The van der Waals surface area contributed by atoms with E-state index in [0.717, 1.165) is 16.6 Å². The third-order valence-electron chi connectivity index (χ3n) is 3.23. The lowest BCUT2D eigenvalue weighted by Crippen LogP contribution is -1.99. The first kappa shape index (κ1) is 12.6. The molecule has 0 amide bonds. The number of thioether (sulfide) groups is 1. The zero-order valence-electron chi connectivity index (χ0n) is 10.0. The summed E-state index contributed by atoms with van der Waals surface area (Å²) in [6.45, 7) is 0. The van der Waals surface area contributed by atoms with Crippen LogP contribution in [0.3, 0.4) is 0 Å². The van der Waals surface area contributed by atoms with E-state index in [4.69, 9.17) is 10.5 Å². The van der Waals surface area contributed by atoms with Gasteiger partial charge in [0.05, 0.1) is 7.11 Å². The molecular weight excluding hydrogens is 237 g/mol. The molecule has 0 spiro atoms. The number of anilines is 1. The van der Waals surface area contributed by atoms with Crippen LogP contribution in [-0.4, -0.2) is 12.9 Å². The summed E-state index contributed by atoms with van der Waals surface area (Å²) in [5.41, 5.74) is 6.32. The number of methoxy groups -OCH3 is 1. The molecule has 0 unspecified atom stereocenters. The van der Waals surface area contributed by atoms with Gasteiger partial charge >= 0.3 is 0 Å². The largest absolute Gasteiger partial charge is 0.494 e. The van der Waals surface area contributed by atoms with E-state index in [2.05, 4.69) is 0 Å². The molecule has 2 nitrogen and oxygen atoms in total. The number of rotatable bonds is 4. The second-order valence-electron chi connectivity index (χ2n) is 4.49. The lowest BCUT2D eigenvalue weighted by atomic mass is 10.1. The number of nitrogen functional groups attached to an aromatic ring is 1. The molecule has 0 heterocycles. The van der Waals surface area contributed by atoms with Crippen molar-refractivity contribution >= 4 is 17.4 Å². The molecule has 1 aromatic rings. The van der Waals surface area contributed by atoms with E-state index in [-0.39, 0.29) is 5.75 Å². The van der Waals surface area contributed by atoms with Crippen LogP contribution < -0.4 is 10.5 Å². The quantitative estimate of drug-likeness (QED) is 0.658. The molecule has 1 aliphatic carbocycles. The monoisotopic (exact) mass is 255 g/mol. The number of hydrogen-bond donors (Lipinski definition) is 1. The standard InChI is InChI=1S/C13H18FNOS/c1-16-12-7-13(11(15)6-10(12)14)17-8-9-4-2-3-5-9/h6-7,9H,2-5,8,15H2,1H3. The molecule has 2 rings (SSSR count). The van der Waals surface area contributed by atoms with E-state index in [1.165, 1.54) is 38.9 Å². The molecule has 2 N–H and O–H groups in total. The van der Waals surface area contributed by atoms with Crippen molar-refractivity contribution in [1.29, 1.82) is 0 Å². The van der Waals surface area contributed by atoms with E-state index in [1.54, 1.807) is 17.8 Å². The summed E-state index contributed by atoms with van der Waals surface area (Å²) in [5.74, 6) is 1.73. The number of nitrogens with two attached hydrogens (primary N) is 1. The minimum absolute atomic E-state index is 0.271. The van der Waals surface area contributed by atoms with Crippen molar-refractivity contribution in [2.24, 2.45) is 5.92 Å². The number of ether oxygens (including phenoxy) is 1. The highest BCUT2D eigenvalue weighted by Crippen LogP contribution is 2.35. The van der Waals surface area contributed by atoms with Crippen molar-refractivity contribution in [3.63, 3.8) is 0 Å². The molecule has 0 bridgehead atoms. The van der Waals surface area contributed by atoms with Gasteiger partial charge in [0, 0.05) is 22.4 Å². The van der Waals surface area contributed by atoms with E-state index in [1.807, 2.05) is 0 Å². The minimum Gasteiger partial charge on any atom is -0.494 e. The van der Waals surface area contributed by atoms with Gasteiger partial charge in [-0.3, -0.25) is 0 Å². The Balaban J connectivity index is 2.03. The Morgan fingerprint density at radius 1 is 1.41 bits per heavy atom. The molecule has 0 radical (unpaired) electrons.